The second-order valence-electron chi connectivity index (χ2n) is 4.57. The maximum atomic E-state index is 12.5. The van der Waals surface area contributed by atoms with E-state index in [-0.39, 0.29) is 12.3 Å². The van der Waals surface area contributed by atoms with Gasteiger partial charge in [0.25, 0.3) is 0 Å². The fraction of sp³-hybridized carbons (Fsp3) is 0.909. The molecule has 0 radical (unpaired) electrons. The summed E-state index contributed by atoms with van der Waals surface area (Å²) in [6.45, 7) is 2.36. The molecule has 1 fully saturated rings. The van der Waals surface area contributed by atoms with Crippen LogP contribution in [-0.2, 0) is 24.5 Å². The summed E-state index contributed by atoms with van der Waals surface area (Å²) in [5.41, 5.74) is 0. The van der Waals surface area contributed by atoms with Gasteiger partial charge in [0.05, 0.1) is 19.0 Å². The van der Waals surface area contributed by atoms with Gasteiger partial charge in [0, 0.05) is 39.1 Å². The molecule has 0 aromatic heterocycles. The van der Waals surface area contributed by atoms with Crippen LogP contribution >= 0.6 is 0 Å². The van der Waals surface area contributed by atoms with E-state index in [9.17, 15) is 17.1 Å². The van der Waals surface area contributed by atoms with Crippen molar-refractivity contribution in [3.05, 3.63) is 0 Å². The summed E-state index contributed by atoms with van der Waals surface area (Å²) in [7, 11) is -2.92. The molecule has 6 nitrogen and oxygen atoms in total. The molecule has 1 rings (SSSR count). The lowest BCUT2D eigenvalue weighted by Gasteiger charge is -2.16. The number of likely N-dealkylation sites (tertiary alicyclic amines) is 1. The van der Waals surface area contributed by atoms with E-state index in [2.05, 4.69) is 0 Å². The smallest absolute Gasteiger partial charge is 0.302 e. The molecule has 1 amide bonds. The molecule has 19 heavy (non-hydrogen) atoms. The molecule has 0 saturated carbocycles. The number of methoxy groups -OCH3 is 1. The van der Waals surface area contributed by atoms with Gasteiger partial charge in [-0.2, -0.15) is 8.42 Å². The standard InChI is InChI=1S/C11H20FNO5S/c1-17-5-6-18-4-2-3-13-8-10(7-11(13)14)9-19(12,15)16/h10H,2-9H2,1H3. The zero-order chi connectivity index (χ0) is 14.3. The predicted octanol–water partition coefficient (Wildman–Crippen LogP) is 0.187. The quantitative estimate of drug-likeness (QED) is 0.448. The normalized spacial score (nSPS) is 20.2. The molecule has 0 bridgehead atoms. The summed E-state index contributed by atoms with van der Waals surface area (Å²) in [5.74, 6) is -1.12. The Bertz CT molecular complexity index is 387. The number of carbonyl (C=O) groups is 1. The maximum absolute atomic E-state index is 12.5. The van der Waals surface area contributed by atoms with Crippen LogP contribution in [0.5, 0.6) is 0 Å². The Morgan fingerprint density at radius 2 is 2.11 bits per heavy atom. The lowest BCUT2D eigenvalue weighted by atomic mass is 10.1. The third-order valence-corrected chi connectivity index (χ3v) is 3.75. The average Bonchev–Trinajstić information content (AvgIpc) is 2.61. The minimum atomic E-state index is -4.51. The van der Waals surface area contributed by atoms with E-state index in [4.69, 9.17) is 9.47 Å². The van der Waals surface area contributed by atoms with E-state index in [1.807, 2.05) is 0 Å². The van der Waals surface area contributed by atoms with Gasteiger partial charge in [0.2, 0.25) is 5.91 Å². The van der Waals surface area contributed by atoms with Crippen molar-refractivity contribution in [2.45, 2.75) is 12.8 Å². The average molecular weight is 297 g/mol. The van der Waals surface area contributed by atoms with Gasteiger partial charge in [-0.15, -0.1) is 3.89 Å². The topological polar surface area (TPSA) is 72.9 Å². The van der Waals surface area contributed by atoms with Crippen molar-refractivity contribution in [2.75, 3.05) is 45.8 Å². The number of rotatable bonds is 9. The van der Waals surface area contributed by atoms with Gasteiger partial charge < -0.3 is 14.4 Å². The van der Waals surface area contributed by atoms with Gasteiger partial charge in [0.15, 0.2) is 0 Å². The van der Waals surface area contributed by atoms with Crippen LogP contribution in [0.1, 0.15) is 12.8 Å². The Kier molecular flexibility index (Phi) is 6.67. The zero-order valence-electron chi connectivity index (χ0n) is 11.0. The Balaban J connectivity index is 2.19. The van der Waals surface area contributed by atoms with Crippen LogP contribution < -0.4 is 0 Å². The van der Waals surface area contributed by atoms with Crippen LogP contribution in [0.3, 0.4) is 0 Å². The molecule has 0 aliphatic carbocycles. The van der Waals surface area contributed by atoms with E-state index in [0.29, 0.717) is 39.3 Å². The van der Waals surface area contributed by atoms with Gasteiger partial charge in [0.1, 0.15) is 0 Å². The first-order valence-corrected chi connectivity index (χ1v) is 7.74. The molecule has 112 valence electrons. The van der Waals surface area contributed by atoms with Crippen molar-refractivity contribution in [3.8, 4) is 0 Å². The van der Waals surface area contributed by atoms with Crippen molar-refractivity contribution >= 4 is 16.1 Å². The van der Waals surface area contributed by atoms with E-state index < -0.39 is 21.9 Å². The number of carbonyl (C=O) groups excluding carboxylic acids is 1. The summed E-state index contributed by atoms with van der Waals surface area (Å²) >= 11 is 0. The fourth-order valence-electron chi connectivity index (χ4n) is 2.07. The molecule has 0 spiro atoms. The highest BCUT2D eigenvalue weighted by atomic mass is 32.3. The highest BCUT2D eigenvalue weighted by Gasteiger charge is 2.32. The molecule has 1 saturated heterocycles. The third-order valence-electron chi connectivity index (χ3n) is 2.88. The van der Waals surface area contributed by atoms with Gasteiger partial charge in [-0.25, -0.2) is 0 Å². The van der Waals surface area contributed by atoms with E-state index >= 15 is 0 Å². The first-order valence-electron chi connectivity index (χ1n) is 6.19. The van der Waals surface area contributed by atoms with E-state index in [1.165, 1.54) is 0 Å². The fourth-order valence-corrected chi connectivity index (χ4v) is 2.85. The largest absolute Gasteiger partial charge is 0.382 e. The molecule has 8 heteroatoms. The number of hydrogen-bond donors (Lipinski definition) is 0. The molecule has 0 aromatic carbocycles. The predicted molar refractivity (Wildman–Crippen MR) is 66.9 cm³/mol. The Morgan fingerprint density at radius 3 is 2.74 bits per heavy atom. The number of nitrogens with zero attached hydrogens (tertiary/aromatic N) is 1. The molecule has 1 heterocycles. The minimum absolute atomic E-state index is 0.105. The van der Waals surface area contributed by atoms with Crippen molar-refractivity contribution in [1.29, 1.82) is 0 Å². The van der Waals surface area contributed by atoms with Crippen LogP contribution in [-0.4, -0.2) is 65.0 Å². The van der Waals surface area contributed by atoms with Gasteiger partial charge in [-0.3, -0.25) is 4.79 Å². The summed E-state index contributed by atoms with van der Waals surface area (Å²) in [6, 6.07) is 0. The second kappa shape index (κ2) is 7.76. The van der Waals surface area contributed by atoms with E-state index in [1.54, 1.807) is 12.0 Å². The Hall–Kier alpha value is -0.730. The molecular formula is C11H20FNO5S. The van der Waals surface area contributed by atoms with Crippen LogP contribution in [0.2, 0.25) is 0 Å². The second-order valence-corrected chi connectivity index (χ2v) is 5.99. The maximum Gasteiger partial charge on any atom is 0.302 e. The van der Waals surface area contributed by atoms with Crippen molar-refractivity contribution in [1.82, 2.24) is 4.90 Å². The summed E-state index contributed by atoms with van der Waals surface area (Å²) in [4.78, 5) is 13.1. The summed E-state index contributed by atoms with van der Waals surface area (Å²) < 4.78 is 43.7. The van der Waals surface area contributed by atoms with Crippen LogP contribution in [0.4, 0.5) is 3.89 Å². The number of amides is 1. The molecule has 1 atom stereocenters. The highest BCUT2D eigenvalue weighted by Crippen LogP contribution is 2.20. The minimum Gasteiger partial charge on any atom is -0.382 e. The van der Waals surface area contributed by atoms with Gasteiger partial charge in [-0.1, -0.05) is 0 Å². The number of hydrogen-bond acceptors (Lipinski definition) is 5. The number of ether oxygens (including phenoxy) is 2. The molecule has 1 unspecified atom stereocenters. The molecule has 1 aliphatic rings. The zero-order valence-corrected chi connectivity index (χ0v) is 11.8. The first-order chi connectivity index (χ1) is 8.92. The van der Waals surface area contributed by atoms with Crippen molar-refractivity contribution in [2.24, 2.45) is 5.92 Å². The highest BCUT2D eigenvalue weighted by molar-refractivity contribution is 7.86. The van der Waals surface area contributed by atoms with Crippen molar-refractivity contribution < 1.29 is 26.6 Å². The van der Waals surface area contributed by atoms with Crippen LogP contribution in [0.15, 0.2) is 0 Å². The SMILES string of the molecule is COCCOCCCN1CC(CS(=O)(=O)F)CC1=O. The monoisotopic (exact) mass is 297 g/mol. The third kappa shape index (κ3) is 6.84. The van der Waals surface area contributed by atoms with E-state index in [0.717, 1.165) is 0 Å². The van der Waals surface area contributed by atoms with Crippen LogP contribution in [0, 0.1) is 5.92 Å². The number of halogens is 1. The van der Waals surface area contributed by atoms with Crippen LogP contribution in [0.25, 0.3) is 0 Å². The molecule has 0 N–H and O–H groups in total. The van der Waals surface area contributed by atoms with Gasteiger partial charge in [-0.05, 0) is 6.42 Å². The lowest BCUT2D eigenvalue weighted by Crippen LogP contribution is -2.27. The lowest BCUT2D eigenvalue weighted by molar-refractivity contribution is -0.127. The molecule has 0 aromatic rings. The first kappa shape index (κ1) is 16.3. The van der Waals surface area contributed by atoms with Crippen molar-refractivity contribution in [3.63, 3.8) is 0 Å². The van der Waals surface area contributed by atoms with Gasteiger partial charge >= 0.3 is 10.2 Å². The summed E-state index contributed by atoms with van der Waals surface area (Å²) in [5, 5.41) is 0. The Labute approximate surface area is 113 Å². The summed E-state index contributed by atoms with van der Waals surface area (Å²) in [6.07, 6.45) is 0.776. The Morgan fingerprint density at radius 1 is 1.37 bits per heavy atom. The molecule has 1 aliphatic heterocycles. The molecular weight excluding hydrogens is 277 g/mol.